The zero-order valence-electron chi connectivity index (χ0n) is 13.9. The van der Waals surface area contributed by atoms with Crippen LogP contribution in [0.1, 0.15) is 35.6 Å². The summed E-state index contributed by atoms with van der Waals surface area (Å²) in [7, 11) is 0. The van der Waals surface area contributed by atoms with Gasteiger partial charge >= 0.3 is 0 Å². The first-order valence-electron chi connectivity index (χ1n) is 7.60. The van der Waals surface area contributed by atoms with Gasteiger partial charge in [0, 0.05) is 12.8 Å². The van der Waals surface area contributed by atoms with Crippen LogP contribution in [0.15, 0.2) is 28.0 Å². The Balaban J connectivity index is 2.61. The molecule has 6 nitrogen and oxygen atoms in total. The average Bonchev–Trinajstić information content (AvgIpc) is 2.53. The molecule has 0 fully saturated rings. The number of nitriles is 1. The number of aromatic nitrogens is 1. The molecule has 2 N–H and O–H groups in total. The summed E-state index contributed by atoms with van der Waals surface area (Å²) in [6.45, 7) is 5.61. The minimum atomic E-state index is -0.493. The lowest BCUT2D eigenvalue weighted by molar-refractivity contribution is 0.403. The fraction of sp³-hybridized carbons (Fsp3) is 0.278. The van der Waals surface area contributed by atoms with Crippen LogP contribution < -0.4 is 5.56 Å². The van der Waals surface area contributed by atoms with Gasteiger partial charge in [-0.1, -0.05) is 6.92 Å². The number of aromatic hydroxyl groups is 2. The van der Waals surface area contributed by atoms with Gasteiger partial charge in [0.05, 0.1) is 11.3 Å². The van der Waals surface area contributed by atoms with Crippen LogP contribution >= 0.6 is 0 Å². The van der Waals surface area contributed by atoms with Crippen molar-refractivity contribution in [3.05, 3.63) is 50.8 Å². The highest BCUT2D eigenvalue weighted by atomic mass is 16.3. The van der Waals surface area contributed by atoms with Crippen molar-refractivity contribution in [1.82, 2.24) is 4.57 Å². The van der Waals surface area contributed by atoms with E-state index < -0.39 is 5.56 Å². The van der Waals surface area contributed by atoms with Gasteiger partial charge in [-0.15, -0.1) is 0 Å². The van der Waals surface area contributed by atoms with E-state index in [-0.39, 0.29) is 17.2 Å². The summed E-state index contributed by atoms with van der Waals surface area (Å²) in [6.07, 6.45) is 2.09. The van der Waals surface area contributed by atoms with Gasteiger partial charge < -0.3 is 10.2 Å². The topological polar surface area (TPSA) is 98.6 Å². The van der Waals surface area contributed by atoms with E-state index in [9.17, 15) is 20.3 Å². The molecule has 0 atom stereocenters. The first-order valence-corrected chi connectivity index (χ1v) is 7.60. The van der Waals surface area contributed by atoms with Gasteiger partial charge in [-0.3, -0.25) is 14.4 Å². The molecule has 0 radical (unpaired) electrons. The molecule has 0 unspecified atom stereocenters. The quantitative estimate of drug-likeness (QED) is 0.844. The molecule has 0 saturated carbocycles. The third-order valence-electron chi connectivity index (χ3n) is 3.81. The Morgan fingerprint density at radius 3 is 2.62 bits per heavy atom. The molecule has 124 valence electrons. The van der Waals surface area contributed by atoms with Crippen molar-refractivity contribution >= 4 is 11.9 Å². The second-order valence-corrected chi connectivity index (χ2v) is 5.53. The molecule has 24 heavy (non-hydrogen) atoms. The Morgan fingerprint density at radius 2 is 2.04 bits per heavy atom. The van der Waals surface area contributed by atoms with E-state index in [0.717, 1.165) is 5.56 Å². The van der Waals surface area contributed by atoms with E-state index in [4.69, 9.17) is 0 Å². The smallest absolute Gasteiger partial charge is 0.271 e. The molecule has 2 aromatic rings. The van der Waals surface area contributed by atoms with Gasteiger partial charge in [0.15, 0.2) is 0 Å². The zero-order chi connectivity index (χ0) is 17.9. The van der Waals surface area contributed by atoms with Gasteiger partial charge in [0.1, 0.15) is 17.4 Å². The molecular weight excluding hydrogens is 306 g/mol. The second kappa shape index (κ2) is 7.01. The Kier molecular flexibility index (Phi) is 5.05. The SMILES string of the molecule is CCCn1c(O)c(C=Nc2ccc(O)cc2C)c(C)c(C#N)c1=O. The van der Waals surface area contributed by atoms with E-state index in [1.54, 1.807) is 26.0 Å². The Hall–Kier alpha value is -3.07. The highest BCUT2D eigenvalue weighted by molar-refractivity contribution is 5.87. The number of benzene rings is 1. The molecule has 0 aliphatic carbocycles. The van der Waals surface area contributed by atoms with Gasteiger partial charge in [0.2, 0.25) is 5.88 Å². The average molecular weight is 325 g/mol. The van der Waals surface area contributed by atoms with Crippen LogP contribution in [-0.2, 0) is 6.54 Å². The van der Waals surface area contributed by atoms with Gasteiger partial charge in [-0.2, -0.15) is 5.26 Å². The number of hydrogen-bond acceptors (Lipinski definition) is 5. The van der Waals surface area contributed by atoms with Gasteiger partial charge in [-0.05, 0) is 49.6 Å². The minimum absolute atomic E-state index is 0.00475. The highest BCUT2D eigenvalue weighted by Crippen LogP contribution is 2.25. The number of aryl methyl sites for hydroxylation is 1. The maximum absolute atomic E-state index is 12.3. The predicted octanol–water partition coefficient (Wildman–Crippen LogP) is 2.91. The molecule has 0 saturated heterocycles. The molecule has 0 bridgehead atoms. The monoisotopic (exact) mass is 325 g/mol. The third-order valence-corrected chi connectivity index (χ3v) is 3.81. The fourth-order valence-corrected chi connectivity index (χ4v) is 2.48. The summed E-state index contributed by atoms with van der Waals surface area (Å²) in [5.74, 6) is -0.0488. The van der Waals surface area contributed by atoms with E-state index in [1.165, 1.54) is 16.8 Å². The number of nitrogens with zero attached hydrogens (tertiary/aromatic N) is 3. The first-order chi connectivity index (χ1) is 11.4. The van der Waals surface area contributed by atoms with E-state index >= 15 is 0 Å². The third kappa shape index (κ3) is 3.15. The van der Waals surface area contributed by atoms with Crippen molar-refractivity contribution < 1.29 is 10.2 Å². The van der Waals surface area contributed by atoms with Crippen molar-refractivity contribution in [3.63, 3.8) is 0 Å². The number of hydrogen-bond donors (Lipinski definition) is 2. The number of pyridine rings is 1. The number of phenolic OH excluding ortho intramolecular Hbond substituents is 1. The van der Waals surface area contributed by atoms with E-state index in [1.807, 2.05) is 13.0 Å². The molecule has 1 heterocycles. The van der Waals surface area contributed by atoms with Crippen molar-refractivity contribution in [2.75, 3.05) is 0 Å². The highest BCUT2D eigenvalue weighted by Gasteiger charge is 2.17. The van der Waals surface area contributed by atoms with Crippen LogP contribution in [0.4, 0.5) is 5.69 Å². The summed E-state index contributed by atoms with van der Waals surface area (Å²) in [4.78, 5) is 16.6. The number of aliphatic imine (C=N–C) groups is 1. The molecule has 0 aliphatic heterocycles. The normalized spacial score (nSPS) is 10.9. The van der Waals surface area contributed by atoms with E-state index in [2.05, 4.69) is 4.99 Å². The fourth-order valence-electron chi connectivity index (χ4n) is 2.48. The van der Waals surface area contributed by atoms with Crippen LogP contribution in [0.3, 0.4) is 0 Å². The second-order valence-electron chi connectivity index (χ2n) is 5.53. The maximum atomic E-state index is 12.3. The molecular formula is C18H19N3O3. The summed E-state index contributed by atoms with van der Waals surface area (Å²) < 4.78 is 1.19. The molecule has 2 rings (SSSR count). The zero-order valence-corrected chi connectivity index (χ0v) is 13.9. The predicted molar refractivity (Wildman–Crippen MR) is 92.2 cm³/mol. The van der Waals surface area contributed by atoms with Crippen LogP contribution in [0, 0.1) is 25.2 Å². The summed E-state index contributed by atoms with van der Waals surface area (Å²) in [5, 5.41) is 29.1. The van der Waals surface area contributed by atoms with Crippen LogP contribution in [0.5, 0.6) is 11.6 Å². The van der Waals surface area contributed by atoms with Crippen molar-refractivity contribution in [2.45, 2.75) is 33.7 Å². The molecule has 0 aliphatic rings. The lowest BCUT2D eigenvalue weighted by Gasteiger charge is -2.13. The van der Waals surface area contributed by atoms with Crippen LogP contribution in [-0.4, -0.2) is 21.0 Å². The molecule has 0 spiro atoms. The Morgan fingerprint density at radius 1 is 1.33 bits per heavy atom. The minimum Gasteiger partial charge on any atom is -0.508 e. The Bertz CT molecular complexity index is 905. The summed E-state index contributed by atoms with van der Waals surface area (Å²) >= 11 is 0. The lowest BCUT2D eigenvalue weighted by Crippen LogP contribution is -2.25. The van der Waals surface area contributed by atoms with Gasteiger partial charge in [0.25, 0.3) is 5.56 Å². The van der Waals surface area contributed by atoms with E-state index in [0.29, 0.717) is 29.8 Å². The summed E-state index contributed by atoms with van der Waals surface area (Å²) in [6, 6.07) is 6.66. The van der Waals surface area contributed by atoms with Crippen molar-refractivity contribution in [1.29, 1.82) is 5.26 Å². The van der Waals surface area contributed by atoms with Crippen molar-refractivity contribution in [3.8, 4) is 17.7 Å². The molecule has 0 amide bonds. The Labute approximate surface area is 140 Å². The lowest BCUT2D eigenvalue weighted by atomic mass is 10.1. The largest absolute Gasteiger partial charge is 0.508 e. The molecule has 1 aromatic carbocycles. The number of rotatable bonds is 4. The summed E-state index contributed by atoms with van der Waals surface area (Å²) in [5.41, 5.74) is 1.64. The number of phenols is 1. The molecule has 1 aromatic heterocycles. The first kappa shape index (κ1) is 17.3. The van der Waals surface area contributed by atoms with Crippen molar-refractivity contribution in [2.24, 2.45) is 4.99 Å². The molecule has 6 heteroatoms. The van der Waals surface area contributed by atoms with Crippen LogP contribution in [0.2, 0.25) is 0 Å². The standard InChI is InChI=1S/C18H19N3O3/c1-4-7-21-17(23)14(9-19)12(3)15(18(21)24)10-20-16-6-5-13(22)8-11(16)2/h5-6,8,10,22,24H,4,7H2,1-3H3. The van der Waals surface area contributed by atoms with Crippen LogP contribution in [0.25, 0.3) is 0 Å². The maximum Gasteiger partial charge on any atom is 0.271 e. The van der Waals surface area contributed by atoms with Gasteiger partial charge in [-0.25, -0.2) is 0 Å².